The average Bonchev–Trinajstić information content (AvgIpc) is 2.61. The van der Waals surface area contributed by atoms with E-state index in [-0.39, 0.29) is 18.0 Å². The number of hydrogen-bond acceptors (Lipinski definition) is 4. The van der Waals surface area contributed by atoms with Crippen LogP contribution in [-0.4, -0.2) is 49.5 Å². The van der Waals surface area contributed by atoms with Crippen LogP contribution in [0.15, 0.2) is 18.2 Å². The van der Waals surface area contributed by atoms with Crippen LogP contribution < -0.4 is 10.2 Å². The van der Waals surface area contributed by atoms with Gasteiger partial charge >= 0.3 is 0 Å². The molecule has 0 bridgehead atoms. The SMILES string of the molecule is O=C(NCC1(O)CCCCC1)c1ccc(N2CCOCC2)c(F)c1. The predicted molar refractivity (Wildman–Crippen MR) is 89.8 cm³/mol. The Labute approximate surface area is 141 Å². The van der Waals surface area contributed by atoms with E-state index in [1.807, 2.05) is 4.90 Å². The van der Waals surface area contributed by atoms with Gasteiger partial charge in [0.05, 0.1) is 24.5 Å². The van der Waals surface area contributed by atoms with Gasteiger partial charge in [0, 0.05) is 25.2 Å². The van der Waals surface area contributed by atoms with Crippen molar-refractivity contribution >= 4 is 11.6 Å². The number of carbonyl (C=O) groups excluding carboxylic acids is 1. The maximum atomic E-state index is 14.4. The minimum Gasteiger partial charge on any atom is -0.388 e. The van der Waals surface area contributed by atoms with Gasteiger partial charge in [-0.3, -0.25) is 4.79 Å². The van der Waals surface area contributed by atoms with E-state index in [0.29, 0.717) is 44.8 Å². The van der Waals surface area contributed by atoms with Crippen LogP contribution in [0.1, 0.15) is 42.5 Å². The first-order valence-electron chi connectivity index (χ1n) is 8.70. The van der Waals surface area contributed by atoms with Crippen LogP contribution in [0.4, 0.5) is 10.1 Å². The number of carbonyl (C=O) groups is 1. The summed E-state index contributed by atoms with van der Waals surface area (Å²) >= 11 is 0. The Morgan fingerprint density at radius 2 is 1.96 bits per heavy atom. The van der Waals surface area contributed by atoms with Crippen molar-refractivity contribution in [1.82, 2.24) is 5.32 Å². The Hall–Kier alpha value is -1.66. The summed E-state index contributed by atoms with van der Waals surface area (Å²) in [6, 6.07) is 4.55. The van der Waals surface area contributed by atoms with Crippen LogP contribution in [0.3, 0.4) is 0 Å². The van der Waals surface area contributed by atoms with E-state index in [0.717, 1.165) is 19.3 Å². The number of ether oxygens (including phenoxy) is 1. The van der Waals surface area contributed by atoms with Gasteiger partial charge in [0.2, 0.25) is 0 Å². The summed E-state index contributed by atoms with van der Waals surface area (Å²) in [6.45, 7) is 2.68. The molecule has 1 aromatic rings. The Balaban J connectivity index is 1.61. The Morgan fingerprint density at radius 1 is 1.25 bits per heavy atom. The molecule has 6 heteroatoms. The van der Waals surface area contributed by atoms with Crippen molar-refractivity contribution in [2.24, 2.45) is 0 Å². The van der Waals surface area contributed by atoms with Crippen molar-refractivity contribution in [3.8, 4) is 0 Å². The van der Waals surface area contributed by atoms with E-state index >= 15 is 0 Å². The van der Waals surface area contributed by atoms with Crippen LogP contribution in [0.5, 0.6) is 0 Å². The number of amides is 1. The van der Waals surface area contributed by atoms with Crippen LogP contribution in [-0.2, 0) is 4.74 Å². The van der Waals surface area contributed by atoms with Gasteiger partial charge in [0.1, 0.15) is 5.82 Å². The molecule has 0 radical (unpaired) electrons. The zero-order valence-electron chi connectivity index (χ0n) is 13.9. The number of rotatable bonds is 4. The minimum absolute atomic E-state index is 0.221. The fraction of sp³-hybridized carbons (Fsp3) is 0.611. The lowest BCUT2D eigenvalue weighted by Gasteiger charge is -2.32. The van der Waals surface area contributed by atoms with Crippen LogP contribution in [0, 0.1) is 5.82 Å². The summed E-state index contributed by atoms with van der Waals surface area (Å²) in [5, 5.41) is 13.2. The third kappa shape index (κ3) is 4.05. The van der Waals surface area contributed by atoms with Gasteiger partial charge in [-0.15, -0.1) is 0 Å². The summed E-state index contributed by atoms with van der Waals surface area (Å²) in [6.07, 6.45) is 4.50. The van der Waals surface area contributed by atoms with Crippen molar-refractivity contribution in [2.45, 2.75) is 37.7 Å². The molecule has 1 heterocycles. The lowest BCUT2D eigenvalue weighted by molar-refractivity contribution is 0.00525. The molecule has 1 aromatic carbocycles. The third-order valence-electron chi connectivity index (χ3n) is 4.92. The number of anilines is 1. The monoisotopic (exact) mass is 336 g/mol. The number of nitrogens with zero attached hydrogens (tertiary/aromatic N) is 1. The van der Waals surface area contributed by atoms with Gasteiger partial charge in [-0.1, -0.05) is 19.3 Å². The van der Waals surface area contributed by atoms with E-state index in [9.17, 15) is 14.3 Å². The molecule has 1 saturated carbocycles. The number of benzene rings is 1. The molecule has 0 unspecified atom stereocenters. The van der Waals surface area contributed by atoms with Gasteiger partial charge in [-0.2, -0.15) is 0 Å². The van der Waals surface area contributed by atoms with Crippen LogP contribution in [0.25, 0.3) is 0 Å². The van der Waals surface area contributed by atoms with Crippen molar-refractivity contribution in [1.29, 1.82) is 0 Å². The summed E-state index contributed by atoms with van der Waals surface area (Å²) < 4.78 is 19.6. The Bertz CT molecular complexity index is 582. The third-order valence-corrected chi connectivity index (χ3v) is 4.92. The van der Waals surface area contributed by atoms with E-state index in [1.165, 1.54) is 6.07 Å². The molecule has 24 heavy (non-hydrogen) atoms. The number of nitrogens with one attached hydrogen (secondary N) is 1. The zero-order chi connectivity index (χ0) is 17.0. The average molecular weight is 336 g/mol. The first-order chi connectivity index (χ1) is 11.6. The highest BCUT2D eigenvalue weighted by atomic mass is 19.1. The van der Waals surface area contributed by atoms with E-state index < -0.39 is 11.4 Å². The number of hydrogen-bond donors (Lipinski definition) is 2. The highest BCUT2D eigenvalue weighted by Gasteiger charge is 2.29. The number of aliphatic hydroxyl groups is 1. The molecular formula is C18H25FN2O3. The topological polar surface area (TPSA) is 61.8 Å². The van der Waals surface area contributed by atoms with Gasteiger partial charge < -0.3 is 20.1 Å². The molecule has 5 nitrogen and oxygen atoms in total. The molecule has 1 amide bonds. The molecule has 0 atom stereocenters. The smallest absolute Gasteiger partial charge is 0.251 e. The van der Waals surface area contributed by atoms with Crippen LogP contribution >= 0.6 is 0 Å². The van der Waals surface area contributed by atoms with E-state index in [2.05, 4.69) is 5.32 Å². The largest absolute Gasteiger partial charge is 0.388 e. The van der Waals surface area contributed by atoms with Gasteiger partial charge in [0.25, 0.3) is 5.91 Å². The summed E-state index contributed by atoms with van der Waals surface area (Å²) in [4.78, 5) is 14.2. The lowest BCUT2D eigenvalue weighted by atomic mass is 9.85. The first kappa shape index (κ1) is 17.2. The molecule has 0 aromatic heterocycles. The summed E-state index contributed by atoms with van der Waals surface area (Å²) in [7, 11) is 0. The summed E-state index contributed by atoms with van der Waals surface area (Å²) in [5.74, 6) is -0.748. The quantitative estimate of drug-likeness (QED) is 0.884. The second-order valence-corrected chi connectivity index (χ2v) is 6.73. The van der Waals surface area contributed by atoms with Crippen molar-refractivity contribution in [3.63, 3.8) is 0 Å². The van der Waals surface area contributed by atoms with Crippen molar-refractivity contribution in [3.05, 3.63) is 29.6 Å². The molecule has 1 aliphatic carbocycles. The molecule has 1 aliphatic heterocycles. The van der Waals surface area contributed by atoms with Crippen molar-refractivity contribution in [2.75, 3.05) is 37.7 Å². The second-order valence-electron chi connectivity index (χ2n) is 6.73. The van der Waals surface area contributed by atoms with Gasteiger partial charge in [0.15, 0.2) is 0 Å². The second kappa shape index (κ2) is 7.49. The van der Waals surface area contributed by atoms with Crippen LogP contribution in [0.2, 0.25) is 0 Å². The molecule has 1 saturated heterocycles. The molecule has 2 fully saturated rings. The number of halogens is 1. The van der Waals surface area contributed by atoms with E-state index in [1.54, 1.807) is 12.1 Å². The fourth-order valence-electron chi connectivity index (χ4n) is 3.44. The number of morpholine rings is 1. The Kier molecular flexibility index (Phi) is 5.36. The van der Waals surface area contributed by atoms with Gasteiger partial charge in [-0.05, 0) is 31.0 Å². The Morgan fingerprint density at radius 3 is 2.62 bits per heavy atom. The fourth-order valence-corrected chi connectivity index (χ4v) is 3.44. The van der Waals surface area contributed by atoms with Gasteiger partial charge in [-0.25, -0.2) is 4.39 Å². The molecular weight excluding hydrogens is 311 g/mol. The summed E-state index contributed by atoms with van der Waals surface area (Å²) in [5.41, 5.74) is -0.0371. The molecule has 2 aliphatic rings. The standard InChI is InChI=1S/C18H25FN2O3/c19-15-12-14(4-5-16(15)21-8-10-24-11-9-21)17(22)20-13-18(23)6-2-1-3-7-18/h4-5,12,23H,1-3,6-11,13H2,(H,20,22). The first-order valence-corrected chi connectivity index (χ1v) is 8.70. The predicted octanol–water partition coefficient (Wildman–Crippen LogP) is 2.09. The molecule has 132 valence electrons. The van der Waals surface area contributed by atoms with Crippen molar-refractivity contribution < 1.29 is 19.0 Å². The highest BCUT2D eigenvalue weighted by Crippen LogP contribution is 2.27. The molecule has 3 rings (SSSR count). The highest BCUT2D eigenvalue weighted by molar-refractivity contribution is 5.94. The van der Waals surface area contributed by atoms with E-state index in [4.69, 9.17) is 4.74 Å². The lowest BCUT2D eigenvalue weighted by Crippen LogP contribution is -2.44. The maximum absolute atomic E-state index is 14.4. The normalized spacial score (nSPS) is 20.7. The molecule has 2 N–H and O–H groups in total. The maximum Gasteiger partial charge on any atom is 0.251 e. The minimum atomic E-state index is -0.819. The molecule has 0 spiro atoms. The zero-order valence-corrected chi connectivity index (χ0v) is 13.9.